The Morgan fingerprint density at radius 3 is 2.67 bits per heavy atom. The Hall–Kier alpha value is -1.80. The Morgan fingerprint density at radius 2 is 2.00 bits per heavy atom. The highest BCUT2D eigenvalue weighted by Gasteiger charge is 2.26. The Bertz CT molecular complexity index is 723. The third kappa shape index (κ3) is 3.27. The first-order chi connectivity index (χ1) is 10.1. The molecule has 1 aliphatic carbocycles. The molecule has 2 aromatic rings. The fourth-order valence-corrected chi connectivity index (χ4v) is 3.13. The summed E-state index contributed by atoms with van der Waals surface area (Å²) in [4.78, 5) is 0.0487. The third-order valence-corrected chi connectivity index (χ3v) is 4.83. The van der Waals surface area contributed by atoms with E-state index in [0.29, 0.717) is 12.5 Å². The molecule has 0 aliphatic heterocycles. The quantitative estimate of drug-likeness (QED) is 0.872. The maximum absolute atomic E-state index is 12.8. The lowest BCUT2D eigenvalue weighted by atomic mass is 10.4. The Balaban J connectivity index is 1.61. The normalized spacial score (nSPS) is 15.3. The van der Waals surface area contributed by atoms with Gasteiger partial charge >= 0.3 is 0 Å². The van der Waals surface area contributed by atoms with Crippen molar-refractivity contribution in [3.8, 4) is 0 Å². The maximum Gasteiger partial charge on any atom is 0.240 e. The van der Waals surface area contributed by atoms with Crippen molar-refractivity contribution in [3.63, 3.8) is 0 Å². The Labute approximate surface area is 122 Å². The largest absolute Gasteiger partial charge is 0.314 e. The van der Waals surface area contributed by atoms with Gasteiger partial charge < -0.3 is 4.57 Å². The number of hydrogen-bond donors (Lipinski definition) is 1. The minimum absolute atomic E-state index is 0.0487. The molecule has 8 heteroatoms. The molecule has 0 atom stereocenters. The van der Waals surface area contributed by atoms with E-state index in [1.165, 1.54) is 12.1 Å². The molecule has 0 unspecified atom stereocenters. The predicted molar refractivity (Wildman–Crippen MR) is 73.6 cm³/mol. The van der Waals surface area contributed by atoms with Gasteiger partial charge in [0.25, 0.3) is 0 Å². The third-order valence-electron chi connectivity index (χ3n) is 3.35. The van der Waals surface area contributed by atoms with E-state index in [-0.39, 0.29) is 11.4 Å². The summed E-state index contributed by atoms with van der Waals surface area (Å²) >= 11 is 0. The molecule has 6 nitrogen and oxygen atoms in total. The first kappa shape index (κ1) is 14.2. The monoisotopic (exact) mass is 310 g/mol. The molecular formula is C13H15FN4O2S. The fourth-order valence-electron chi connectivity index (χ4n) is 2.10. The molecular weight excluding hydrogens is 295 g/mol. The average Bonchev–Trinajstić information content (AvgIpc) is 3.19. The van der Waals surface area contributed by atoms with E-state index in [1.54, 1.807) is 6.33 Å². The Morgan fingerprint density at radius 1 is 1.29 bits per heavy atom. The number of sulfonamides is 1. The number of nitrogens with one attached hydrogen (secondary N) is 1. The highest BCUT2D eigenvalue weighted by atomic mass is 32.2. The van der Waals surface area contributed by atoms with Gasteiger partial charge in [-0.2, -0.15) is 0 Å². The van der Waals surface area contributed by atoms with Gasteiger partial charge in [0.1, 0.15) is 18.0 Å². The lowest BCUT2D eigenvalue weighted by Gasteiger charge is -2.07. The SMILES string of the molecule is O=S(=O)(NCCc1nncn1C1CC1)c1ccc(F)cc1. The van der Waals surface area contributed by atoms with Gasteiger partial charge in [0.2, 0.25) is 10.0 Å². The van der Waals surface area contributed by atoms with E-state index >= 15 is 0 Å². The number of halogens is 1. The number of aromatic nitrogens is 3. The van der Waals surface area contributed by atoms with Crippen LogP contribution in [0.1, 0.15) is 24.7 Å². The lowest BCUT2D eigenvalue weighted by molar-refractivity contribution is 0.578. The molecule has 1 aromatic heterocycles. The smallest absolute Gasteiger partial charge is 0.240 e. The number of rotatable bonds is 6. The summed E-state index contributed by atoms with van der Waals surface area (Å²) in [5.74, 6) is 0.311. The molecule has 0 bridgehead atoms. The van der Waals surface area contributed by atoms with Crippen molar-refractivity contribution in [1.29, 1.82) is 0 Å². The zero-order chi connectivity index (χ0) is 14.9. The van der Waals surface area contributed by atoms with Crippen molar-refractivity contribution in [1.82, 2.24) is 19.5 Å². The fraction of sp³-hybridized carbons (Fsp3) is 0.385. The van der Waals surface area contributed by atoms with Crippen molar-refractivity contribution >= 4 is 10.0 Å². The summed E-state index contributed by atoms with van der Waals surface area (Å²) in [5, 5.41) is 7.87. The van der Waals surface area contributed by atoms with Crippen LogP contribution >= 0.6 is 0 Å². The minimum atomic E-state index is -3.62. The first-order valence-corrected chi connectivity index (χ1v) is 8.18. The number of benzene rings is 1. The summed E-state index contributed by atoms with van der Waals surface area (Å²) in [6.07, 6.45) is 4.39. The topological polar surface area (TPSA) is 76.9 Å². The van der Waals surface area contributed by atoms with Crippen LogP contribution in [0.5, 0.6) is 0 Å². The number of hydrogen-bond acceptors (Lipinski definition) is 4. The maximum atomic E-state index is 12.8. The van der Waals surface area contributed by atoms with Crippen LogP contribution < -0.4 is 4.72 Å². The predicted octanol–water partition coefficient (Wildman–Crippen LogP) is 1.27. The van der Waals surface area contributed by atoms with E-state index < -0.39 is 15.8 Å². The summed E-state index contributed by atoms with van der Waals surface area (Å²) in [7, 11) is -3.62. The van der Waals surface area contributed by atoms with E-state index in [9.17, 15) is 12.8 Å². The van der Waals surface area contributed by atoms with Crippen LogP contribution in [-0.4, -0.2) is 29.7 Å². The van der Waals surface area contributed by atoms with E-state index in [4.69, 9.17) is 0 Å². The average molecular weight is 310 g/mol. The standard InChI is InChI=1S/C13H15FN4O2S/c14-10-1-5-12(6-2-10)21(19,20)16-8-7-13-17-15-9-18(13)11-3-4-11/h1-2,5-6,9,11,16H,3-4,7-8H2. The molecule has 0 spiro atoms. The second-order valence-electron chi connectivity index (χ2n) is 4.99. The highest BCUT2D eigenvalue weighted by Crippen LogP contribution is 2.35. The second-order valence-corrected chi connectivity index (χ2v) is 6.75. The van der Waals surface area contributed by atoms with Crippen LogP contribution in [0.4, 0.5) is 4.39 Å². The number of nitrogens with zero attached hydrogens (tertiary/aromatic N) is 3. The van der Waals surface area contributed by atoms with Crippen molar-refractivity contribution in [2.45, 2.75) is 30.2 Å². The van der Waals surface area contributed by atoms with Crippen molar-refractivity contribution < 1.29 is 12.8 Å². The van der Waals surface area contributed by atoms with E-state index in [0.717, 1.165) is 30.8 Å². The van der Waals surface area contributed by atoms with Gasteiger partial charge in [0.05, 0.1) is 4.90 Å². The molecule has 1 saturated carbocycles. The van der Waals surface area contributed by atoms with Gasteiger partial charge in [-0.05, 0) is 37.1 Å². The van der Waals surface area contributed by atoms with Gasteiger partial charge in [-0.15, -0.1) is 10.2 Å². The second kappa shape index (κ2) is 5.53. The molecule has 1 N–H and O–H groups in total. The molecule has 21 heavy (non-hydrogen) atoms. The van der Waals surface area contributed by atoms with E-state index in [2.05, 4.69) is 14.9 Å². The molecule has 112 valence electrons. The Kier molecular flexibility index (Phi) is 3.73. The zero-order valence-electron chi connectivity index (χ0n) is 11.2. The van der Waals surface area contributed by atoms with Crippen LogP contribution in [0.15, 0.2) is 35.5 Å². The van der Waals surface area contributed by atoms with Gasteiger partial charge in [-0.25, -0.2) is 17.5 Å². The van der Waals surface area contributed by atoms with E-state index in [1.807, 2.05) is 4.57 Å². The highest BCUT2D eigenvalue weighted by molar-refractivity contribution is 7.89. The van der Waals surface area contributed by atoms with Crippen LogP contribution in [0.3, 0.4) is 0 Å². The van der Waals surface area contributed by atoms with Crippen LogP contribution in [0.2, 0.25) is 0 Å². The van der Waals surface area contributed by atoms with Gasteiger partial charge in [0, 0.05) is 19.0 Å². The lowest BCUT2D eigenvalue weighted by Crippen LogP contribution is -2.26. The minimum Gasteiger partial charge on any atom is -0.314 e. The summed E-state index contributed by atoms with van der Waals surface area (Å²) in [6, 6.07) is 5.19. The van der Waals surface area contributed by atoms with Crippen LogP contribution in [0.25, 0.3) is 0 Å². The zero-order valence-corrected chi connectivity index (χ0v) is 12.1. The first-order valence-electron chi connectivity index (χ1n) is 6.70. The molecule has 3 rings (SSSR count). The van der Waals surface area contributed by atoms with Crippen LogP contribution in [-0.2, 0) is 16.4 Å². The molecule has 1 aromatic carbocycles. The van der Waals surface area contributed by atoms with Crippen molar-refractivity contribution in [2.75, 3.05) is 6.54 Å². The molecule has 0 radical (unpaired) electrons. The molecule has 0 amide bonds. The molecule has 1 fully saturated rings. The van der Waals surface area contributed by atoms with Gasteiger partial charge in [-0.1, -0.05) is 0 Å². The van der Waals surface area contributed by atoms with Gasteiger partial charge in [0.15, 0.2) is 0 Å². The summed E-state index contributed by atoms with van der Waals surface area (Å²) in [5.41, 5.74) is 0. The van der Waals surface area contributed by atoms with Crippen molar-refractivity contribution in [3.05, 3.63) is 42.2 Å². The molecule has 1 heterocycles. The van der Waals surface area contributed by atoms with Crippen molar-refractivity contribution in [2.24, 2.45) is 0 Å². The summed E-state index contributed by atoms with van der Waals surface area (Å²) < 4.78 is 41.3. The summed E-state index contributed by atoms with van der Waals surface area (Å²) in [6.45, 7) is 0.227. The van der Waals surface area contributed by atoms with Gasteiger partial charge in [-0.3, -0.25) is 0 Å². The molecule has 1 aliphatic rings. The molecule has 0 saturated heterocycles. The van der Waals surface area contributed by atoms with Crippen LogP contribution in [0, 0.1) is 5.82 Å².